The largest absolute Gasteiger partial charge is 0.468 e. The fourth-order valence-corrected chi connectivity index (χ4v) is 3.31. The minimum Gasteiger partial charge on any atom is -0.468 e. The van der Waals surface area contributed by atoms with E-state index in [0.717, 1.165) is 5.56 Å². The maximum Gasteiger partial charge on any atom is 0.244 e. The van der Waals surface area contributed by atoms with Crippen molar-refractivity contribution in [1.29, 1.82) is 0 Å². The summed E-state index contributed by atoms with van der Waals surface area (Å²) in [5, 5.41) is 4.27. The Balaban J connectivity index is 1.94. The van der Waals surface area contributed by atoms with E-state index in [-0.39, 0.29) is 11.4 Å². The Hall–Kier alpha value is -2.38. The van der Waals surface area contributed by atoms with E-state index < -0.39 is 10.0 Å². The van der Waals surface area contributed by atoms with Gasteiger partial charge in [-0.05, 0) is 12.1 Å². The van der Waals surface area contributed by atoms with Crippen molar-refractivity contribution >= 4 is 10.0 Å². The summed E-state index contributed by atoms with van der Waals surface area (Å²) in [5.74, 6) is 0.550. The van der Waals surface area contributed by atoms with Crippen LogP contribution >= 0.6 is 0 Å². The van der Waals surface area contributed by atoms with Crippen LogP contribution in [0.1, 0.15) is 5.76 Å². The molecular weight excluding hydrogens is 302 g/mol. The Bertz CT molecular complexity index is 853. The van der Waals surface area contributed by atoms with Crippen LogP contribution in [0, 0.1) is 0 Å². The molecule has 0 amide bonds. The minimum atomic E-state index is -3.69. The Labute approximate surface area is 128 Å². The summed E-state index contributed by atoms with van der Waals surface area (Å²) in [6.07, 6.45) is 3.00. The van der Waals surface area contributed by atoms with Gasteiger partial charge in [0.2, 0.25) is 10.0 Å². The van der Waals surface area contributed by atoms with E-state index in [1.54, 1.807) is 19.2 Å². The van der Waals surface area contributed by atoms with Gasteiger partial charge in [0.15, 0.2) is 0 Å². The van der Waals surface area contributed by atoms with Crippen LogP contribution in [0.4, 0.5) is 0 Å². The van der Waals surface area contributed by atoms with Crippen LogP contribution < -0.4 is 4.72 Å². The number of rotatable bonds is 5. The molecule has 0 bridgehead atoms. The van der Waals surface area contributed by atoms with Crippen molar-refractivity contribution in [3.8, 4) is 11.3 Å². The zero-order valence-electron chi connectivity index (χ0n) is 11.9. The predicted molar refractivity (Wildman–Crippen MR) is 81.4 cm³/mol. The maximum atomic E-state index is 12.5. The minimum absolute atomic E-state index is 0.0957. The predicted octanol–water partition coefficient (Wildman–Crippen LogP) is 2.16. The average Bonchev–Trinajstić information content (AvgIpc) is 3.16. The summed E-state index contributed by atoms with van der Waals surface area (Å²) < 4.78 is 34.2. The highest BCUT2D eigenvalue weighted by molar-refractivity contribution is 7.89. The average molecular weight is 317 g/mol. The molecule has 0 fully saturated rings. The van der Waals surface area contributed by atoms with Crippen molar-refractivity contribution in [2.45, 2.75) is 11.4 Å². The van der Waals surface area contributed by atoms with Gasteiger partial charge in [0.1, 0.15) is 16.3 Å². The van der Waals surface area contributed by atoms with Gasteiger partial charge in [-0.25, -0.2) is 13.1 Å². The van der Waals surface area contributed by atoms with E-state index in [9.17, 15) is 8.42 Å². The summed E-state index contributed by atoms with van der Waals surface area (Å²) in [7, 11) is -2.00. The molecule has 0 atom stereocenters. The van der Waals surface area contributed by atoms with Gasteiger partial charge in [0.05, 0.1) is 12.8 Å². The molecule has 0 aliphatic heterocycles. The Morgan fingerprint density at radius 2 is 1.95 bits per heavy atom. The van der Waals surface area contributed by atoms with Gasteiger partial charge in [-0.1, -0.05) is 30.3 Å². The van der Waals surface area contributed by atoms with E-state index in [4.69, 9.17) is 4.42 Å². The smallest absolute Gasteiger partial charge is 0.244 e. The number of nitrogens with zero attached hydrogens (tertiary/aromatic N) is 2. The van der Waals surface area contributed by atoms with E-state index >= 15 is 0 Å². The lowest BCUT2D eigenvalue weighted by Gasteiger charge is -2.05. The maximum absolute atomic E-state index is 12.5. The number of furan rings is 1. The fourth-order valence-electron chi connectivity index (χ4n) is 2.12. The Morgan fingerprint density at radius 1 is 1.18 bits per heavy atom. The van der Waals surface area contributed by atoms with Crippen molar-refractivity contribution in [3.05, 3.63) is 60.7 Å². The number of nitrogens with one attached hydrogen (secondary N) is 1. The molecule has 0 radical (unpaired) electrons. The van der Waals surface area contributed by atoms with Gasteiger partial charge >= 0.3 is 0 Å². The molecule has 1 N–H and O–H groups in total. The normalized spacial score (nSPS) is 11.7. The highest BCUT2D eigenvalue weighted by Gasteiger charge is 2.23. The van der Waals surface area contributed by atoms with Gasteiger partial charge in [0, 0.05) is 18.8 Å². The molecule has 0 aliphatic rings. The van der Waals surface area contributed by atoms with Crippen molar-refractivity contribution < 1.29 is 12.8 Å². The molecule has 2 heterocycles. The van der Waals surface area contributed by atoms with E-state index in [2.05, 4.69) is 9.82 Å². The SMILES string of the molecule is Cn1cc(S(=O)(=O)NCc2ccco2)c(-c2ccccc2)n1. The second-order valence-corrected chi connectivity index (χ2v) is 6.52. The van der Waals surface area contributed by atoms with E-state index in [0.29, 0.717) is 11.5 Å². The fraction of sp³-hybridized carbons (Fsp3) is 0.133. The van der Waals surface area contributed by atoms with Crippen LogP contribution in [0.5, 0.6) is 0 Å². The lowest BCUT2D eigenvalue weighted by molar-refractivity contribution is 0.498. The molecule has 0 spiro atoms. The van der Waals surface area contributed by atoms with Crippen LogP contribution in [0.15, 0.2) is 64.2 Å². The van der Waals surface area contributed by atoms with Crippen molar-refractivity contribution in [1.82, 2.24) is 14.5 Å². The second-order valence-electron chi connectivity index (χ2n) is 4.79. The lowest BCUT2D eigenvalue weighted by atomic mass is 10.2. The monoisotopic (exact) mass is 317 g/mol. The van der Waals surface area contributed by atoms with Crippen LogP contribution in [0.3, 0.4) is 0 Å². The summed E-state index contributed by atoms with van der Waals surface area (Å²) >= 11 is 0. The first-order valence-electron chi connectivity index (χ1n) is 6.67. The summed E-state index contributed by atoms with van der Waals surface area (Å²) in [6.45, 7) is 0.0957. The molecule has 22 heavy (non-hydrogen) atoms. The highest BCUT2D eigenvalue weighted by atomic mass is 32.2. The standard InChI is InChI=1S/C15H15N3O3S/c1-18-11-14(15(17-18)12-6-3-2-4-7-12)22(19,20)16-10-13-8-5-9-21-13/h2-9,11,16H,10H2,1H3. The third kappa shape index (κ3) is 2.95. The number of aromatic nitrogens is 2. The van der Waals surface area contributed by atoms with E-state index in [1.807, 2.05) is 30.3 Å². The summed E-state index contributed by atoms with van der Waals surface area (Å²) in [5.41, 5.74) is 1.18. The van der Waals surface area contributed by atoms with Gasteiger partial charge in [-0.3, -0.25) is 4.68 Å². The first kappa shape index (κ1) is 14.6. The molecule has 0 unspecified atom stereocenters. The third-order valence-corrected chi connectivity index (χ3v) is 4.55. The van der Waals surface area contributed by atoms with E-state index in [1.165, 1.54) is 17.1 Å². The molecule has 114 valence electrons. The molecular formula is C15H15N3O3S. The second kappa shape index (κ2) is 5.78. The number of hydrogen-bond acceptors (Lipinski definition) is 4. The molecule has 0 saturated heterocycles. The number of aryl methyl sites for hydroxylation is 1. The number of benzene rings is 1. The lowest BCUT2D eigenvalue weighted by Crippen LogP contribution is -2.23. The molecule has 3 rings (SSSR count). The molecule has 0 aliphatic carbocycles. The Kier molecular flexibility index (Phi) is 3.82. The molecule has 7 heteroatoms. The van der Waals surface area contributed by atoms with Gasteiger partial charge in [-0.2, -0.15) is 5.10 Å². The van der Waals surface area contributed by atoms with Gasteiger partial charge in [0.25, 0.3) is 0 Å². The van der Waals surface area contributed by atoms with Crippen molar-refractivity contribution in [2.24, 2.45) is 7.05 Å². The van der Waals surface area contributed by atoms with Crippen molar-refractivity contribution in [3.63, 3.8) is 0 Å². The zero-order chi connectivity index (χ0) is 15.6. The third-order valence-electron chi connectivity index (χ3n) is 3.15. The topological polar surface area (TPSA) is 77.1 Å². The van der Waals surface area contributed by atoms with Crippen LogP contribution in [-0.2, 0) is 23.6 Å². The highest BCUT2D eigenvalue weighted by Crippen LogP contribution is 2.25. The number of sulfonamides is 1. The number of hydrogen-bond donors (Lipinski definition) is 1. The zero-order valence-corrected chi connectivity index (χ0v) is 12.7. The van der Waals surface area contributed by atoms with Crippen LogP contribution in [0.25, 0.3) is 11.3 Å². The summed E-state index contributed by atoms with van der Waals surface area (Å²) in [6, 6.07) is 12.6. The molecule has 3 aromatic rings. The van der Waals surface area contributed by atoms with Gasteiger partial charge in [-0.15, -0.1) is 0 Å². The van der Waals surface area contributed by atoms with Gasteiger partial charge < -0.3 is 4.42 Å². The first-order chi connectivity index (χ1) is 10.6. The molecule has 2 aromatic heterocycles. The van der Waals surface area contributed by atoms with Crippen molar-refractivity contribution in [2.75, 3.05) is 0 Å². The Morgan fingerprint density at radius 3 is 2.64 bits per heavy atom. The molecule has 1 aromatic carbocycles. The summed E-state index contributed by atoms with van der Waals surface area (Å²) in [4.78, 5) is 0.146. The van der Waals surface area contributed by atoms with Crippen LogP contribution in [0.2, 0.25) is 0 Å². The molecule has 0 saturated carbocycles. The quantitative estimate of drug-likeness (QED) is 0.782. The molecule has 6 nitrogen and oxygen atoms in total. The first-order valence-corrected chi connectivity index (χ1v) is 8.16. The van der Waals surface area contributed by atoms with Crippen LogP contribution in [-0.4, -0.2) is 18.2 Å².